The summed E-state index contributed by atoms with van der Waals surface area (Å²) in [6.45, 7) is 3.42. The number of rotatable bonds is 5. The minimum absolute atomic E-state index is 0. The zero-order chi connectivity index (χ0) is 7.11. The summed E-state index contributed by atoms with van der Waals surface area (Å²) in [5.74, 6) is 0. The first-order valence-corrected chi connectivity index (χ1v) is 3.29. The minimum atomic E-state index is 0. The molecule has 5 heteroatoms. The molecule has 0 rings (SSSR count). The van der Waals surface area contributed by atoms with Crippen molar-refractivity contribution in [2.24, 2.45) is 0 Å². The molecule has 0 bridgehead atoms. The summed E-state index contributed by atoms with van der Waals surface area (Å²) in [5.41, 5.74) is 6.91. The van der Waals surface area contributed by atoms with E-state index in [-0.39, 0.29) is 78.6 Å². The van der Waals surface area contributed by atoms with E-state index >= 15 is 0 Å². The van der Waals surface area contributed by atoms with Gasteiger partial charge in [0.25, 0.3) is 0 Å². The van der Waals surface area contributed by atoms with Gasteiger partial charge in [-0.2, -0.15) is 0 Å². The Morgan fingerprint density at radius 3 is 2.27 bits per heavy atom. The molecule has 3 nitrogen and oxygen atoms in total. The minimum Gasteiger partial charge on any atom is -0.676 e. The molecule has 0 spiro atoms. The Hall–Kier alpha value is 2.35. The molecule has 0 aliphatic heterocycles. The third kappa shape index (κ3) is 15.1. The molecule has 0 aromatic carbocycles. The van der Waals surface area contributed by atoms with Crippen molar-refractivity contribution in [3.63, 3.8) is 0 Å². The average Bonchev–Trinajstić information content (AvgIpc) is 1.85. The Kier molecular flexibility index (Phi) is 25.7. The standard InChI is InChI=1S/C6H16N3.Rb.Re/c1-8-4-6-9(2)5-3-7;;/h7-8H,3-6H2,1-2H3;;/q-1;+1;. The van der Waals surface area contributed by atoms with Gasteiger partial charge in [-0.15, -0.1) is 6.54 Å². The van der Waals surface area contributed by atoms with Crippen LogP contribution in [0.5, 0.6) is 0 Å². The SMILES string of the molecule is CNCCN(C)CC[NH-].[Rb+].[Re]. The third-order valence-corrected chi connectivity index (χ3v) is 1.24. The first-order valence-electron chi connectivity index (χ1n) is 3.29. The van der Waals surface area contributed by atoms with Crippen molar-refractivity contribution in [1.82, 2.24) is 10.2 Å². The van der Waals surface area contributed by atoms with Gasteiger partial charge in [0.15, 0.2) is 0 Å². The molecule has 1 radical (unpaired) electrons. The van der Waals surface area contributed by atoms with Crippen molar-refractivity contribution in [3.05, 3.63) is 5.73 Å². The van der Waals surface area contributed by atoms with Crippen LogP contribution >= 0.6 is 0 Å². The zero-order valence-corrected chi connectivity index (χ0v) is 15.3. The summed E-state index contributed by atoms with van der Waals surface area (Å²) < 4.78 is 0. The largest absolute Gasteiger partial charge is 1.00 e. The summed E-state index contributed by atoms with van der Waals surface area (Å²) in [6.07, 6.45) is 0. The molecule has 0 fully saturated rings. The Bertz CT molecular complexity index is 65.8. The van der Waals surface area contributed by atoms with Crippen LogP contribution in [0.3, 0.4) is 0 Å². The maximum Gasteiger partial charge on any atom is 1.00 e. The van der Waals surface area contributed by atoms with Gasteiger partial charge in [-0.05, 0) is 20.6 Å². The molecular weight excluding hydrogens is 386 g/mol. The molecule has 0 aromatic rings. The van der Waals surface area contributed by atoms with Crippen LogP contribution in [0.4, 0.5) is 0 Å². The van der Waals surface area contributed by atoms with Crippen LogP contribution in [-0.4, -0.2) is 45.2 Å². The molecule has 63 valence electrons. The van der Waals surface area contributed by atoms with E-state index in [0.29, 0.717) is 6.54 Å². The van der Waals surface area contributed by atoms with E-state index in [0.717, 1.165) is 19.6 Å². The van der Waals surface area contributed by atoms with Gasteiger partial charge >= 0.3 is 58.2 Å². The van der Waals surface area contributed by atoms with E-state index in [1.54, 1.807) is 0 Å². The fourth-order valence-corrected chi connectivity index (χ4v) is 0.605. The first-order chi connectivity index (χ1) is 4.31. The Balaban J connectivity index is -0.000000320. The van der Waals surface area contributed by atoms with Crippen molar-refractivity contribution in [1.29, 1.82) is 0 Å². The van der Waals surface area contributed by atoms with Crippen LogP contribution < -0.4 is 63.5 Å². The van der Waals surface area contributed by atoms with E-state index in [4.69, 9.17) is 5.73 Å². The van der Waals surface area contributed by atoms with Crippen LogP contribution in [0.2, 0.25) is 0 Å². The molecule has 0 unspecified atom stereocenters. The molecule has 11 heavy (non-hydrogen) atoms. The molecule has 0 aromatic heterocycles. The summed E-state index contributed by atoms with van der Waals surface area (Å²) in [6, 6.07) is 0. The number of hydrogen-bond donors (Lipinski definition) is 1. The fraction of sp³-hybridized carbons (Fsp3) is 1.00. The summed E-state index contributed by atoms with van der Waals surface area (Å²) in [4.78, 5) is 2.14. The molecule has 0 saturated carbocycles. The Morgan fingerprint density at radius 1 is 1.36 bits per heavy atom. The second-order valence-electron chi connectivity index (χ2n) is 2.16. The molecule has 0 aliphatic rings. The second kappa shape index (κ2) is 14.8. The maximum atomic E-state index is 6.91. The van der Waals surface area contributed by atoms with Gasteiger partial charge in [0.1, 0.15) is 0 Å². The molecule has 0 amide bonds. The van der Waals surface area contributed by atoms with E-state index in [1.165, 1.54) is 0 Å². The van der Waals surface area contributed by atoms with Crippen molar-refractivity contribution >= 4 is 0 Å². The summed E-state index contributed by atoms with van der Waals surface area (Å²) in [7, 11) is 3.97. The Morgan fingerprint density at radius 2 is 1.91 bits per heavy atom. The van der Waals surface area contributed by atoms with Crippen LogP contribution in [0, 0.1) is 0 Å². The monoisotopic (exact) mass is 402 g/mol. The van der Waals surface area contributed by atoms with Crippen LogP contribution in [0.15, 0.2) is 0 Å². The first kappa shape index (κ1) is 19.0. The van der Waals surface area contributed by atoms with E-state index in [9.17, 15) is 0 Å². The summed E-state index contributed by atoms with van der Waals surface area (Å²) in [5, 5.41) is 3.05. The van der Waals surface area contributed by atoms with Crippen molar-refractivity contribution < 1.29 is 78.6 Å². The normalized spacial score (nSPS) is 8.73. The van der Waals surface area contributed by atoms with Gasteiger partial charge < -0.3 is 16.0 Å². The topological polar surface area (TPSA) is 39.1 Å². The molecule has 0 aliphatic carbocycles. The average molecular weight is 402 g/mol. The Labute approximate surface area is 132 Å². The maximum absolute atomic E-state index is 6.91. The van der Waals surface area contributed by atoms with Gasteiger partial charge in [-0.25, -0.2) is 0 Å². The number of likely N-dealkylation sites (N-methyl/N-ethyl adjacent to an activating group) is 2. The second-order valence-corrected chi connectivity index (χ2v) is 2.16. The molecule has 0 atom stereocenters. The van der Waals surface area contributed by atoms with E-state index in [2.05, 4.69) is 10.2 Å². The predicted octanol–water partition coefficient (Wildman–Crippen LogP) is -2.81. The van der Waals surface area contributed by atoms with E-state index < -0.39 is 0 Å². The van der Waals surface area contributed by atoms with Gasteiger partial charge in [0.2, 0.25) is 0 Å². The number of nitrogens with one attached hydrogen (secondary N) is 2. The zero-order valence-electron chi connectivity index (χ0n) is 7.65. The molecule has 2 N–H and O–H groups in total. The molecule has 0 heterocycles. The van der Waals surface area contributed by atoms with Crippen molar-refractivity contribution in [2.75, 3.05) is 40.3 Å². The van der Waals surface area contributed by atoms with Gasteiger partial charge in [0, 0.05) is 33.5 Å². The van der Waals surface area contributed by atoms with Crippen molar-refractivity contribution in [2.45, 2.75) is 0 Å². The van der Waals surface area contributed by atoms with Gasteiger partial charge in [0.05, 0.1) is 0 Å². The third-order valence-electron chi connectivity index (χ3n) is 1.24. The van der Waals surface area contributed by atoms with Crippen LogP contribution in [0.25, 0.3) is 5.73 Å². The number of nitrogens with zero attached hydrogens (tertiary/aromatic N) is 1. The quantitative estimate of drug-likeness (QED) is 0.540. The van der Waals surface area contributed by atoms with Crippen LogP contribution in [-0.2, 0) is 20.4 Å². The summed E-state index contributed by atoms with van der Waals surface area (Å²) >= 11 is 0. The smallest absolute Gasteiger partial charge is 0.676 e. The fourth-order valence-electron chi connectivity index (χ4n) is 0.605. The molecule has 0 saturated heterocycles. The van der Waals surface area contributed by atoms with Gasteiger partial charge in [-0.1, -0.05) is 0 Å². The molecular formula is C6H16N3RbRe. The van der Waals surface area contributed by atoms with Crippen LogP contribution in [0.1, 0.15) is 0 Å². The van der Waals surface area contributed by atoms with E-state index in [1.807, 2.05) is 14.1 Å². The number of hydrogen-bond acceptors (Lipinski definition) is 2. The van der Waals surface area contributed by atoms with Gasteiger partial charge in [-0.3, -0.25) is 0 Å². The van der Waals surface area contributed by atoms with Crippen molar-refractivity contribution in [3.8, 4) is 0 Å². The predicted molar refractivity (Wildman–Crippen MR) is 40.6 cm³/mol.